The zero-order valence-electron chi connectivity index (χ0n) is 14.1. The molecular formula is C16H15ClF3N3O3S. The Morgan fingerprint density at radius 2 is 2.00 bits per heavy atom. The van der Waals surface area contributed by atoms with Gasteiger partial charge < -0.3 is 4.90 Å². The minimum Gasteiger partial charge on any atom is -0.367 e. The Balaban J connectivity index is 1.99. The average Bonchev–Trinajstić information content (AvgIpc) is 2.59. The summed E-state index contributed by atoms with van der Waals surface area (Å²) in [6, 6.07) is 4.18. The Bertz CT molecular complexity index is 1040. The van der Waals surface area contributed by atoms with Gasteiger partial charge in [-0.15, -0.1) is 0 Å². The molecule has 1 fully saturated rings. The minimum absolute atomic E-state index is 0.0714. The maximum absolute atomic E-state index is 12.9. The molecule has 2 aromatic rings. The predicted octanol–water partition coefficient (Wildman–Crippen LogP) is 2.53. The molecule has 3 rings (SSSR count). The number of aromatic nitrogens is 2. The first kappa shape index (κ1) is 19.7. The molecule has 1 aliphatic heterocycles. The van der Waals surface area contributed by atoms with Gasteiger partial charge in [-0.1, -0.05) is 17.7 Å². The number of nitrogens with zero attached hydrogens (tertiary/aromatic N) is 3. The monoisotopic (exact) mass is 421 g/mol. The molecule has 2 heterocycles. The van der Waals surface area contributed by atoms with E-state index in [4.69, 9.17) is 11.6 Å². The second kappa shape index (κ2) is 6.83. The highest BCUT2D eigenvalue weighted by Gasteiger charge is 2.32. The van der Waals surface area contributed by atoms with Gasteiger partial charge in [0.05, 0.1) is 34.1 Å². The van der Waals surface area contributed by atoms with Gasteiger partial charge in [0, 0.05) is 13.1 Å². The minimum atomic E-state index is -4.56. The number of anilines is 1. The molecule has 0 saturated carbocycles. The lowest BCUT2D eigenvalue weighted by Crippen LogP contribution is -2.46. The van der Waals surface area contributed by atoms with Crippen molar-refractivity contribution in [3.63, 3.8) is 0 Å². The first-order chi connectivity index (χ1) is 12.5. The van der Waals surface area contributed by atoms with Gasteiger partial charge in [0.1, 0.15) is 5.02 Å². The quantitative estimate of drug-likeness (QED) is 0.745. The van der Waals surface area contributed by atoms with E-state index in [1.165, 1.54) is 18.3 Å². The fourth-order valence-corrected chi connectivity index (χ4v) is 4.35. The summed E-state index contributed by atoms with van der Waals surface area (Å²) in [6.07, 6.45) is -3.30. The Kier molecular flexibility index (Phi) is 4.98. The zero-order valence-corrected chi connectivity index (χ0v) is 15.6. The molecule has 11 heteroatoms. The third-order valence-corrected chi connectivity index (χ3v) is 6.88. The van der Waals surface area contributed by atoms with Crippen molar-refractivity contribution in [2.24, 2.45) is 0 Å². The molecule has 1 atom stereocenters. The molecule has 1 aliphatic rings. The molecule has 0 spiro atoms. The Labute approximate surface area is 158 Å². The van der Waals surface area contributed by atoms with Crippen molar-refractivity contribution in [3.05, 3.63) is 51.4 Å². The number of hydrogen-bond donors (Lipinski definition) is 0. The van der Waals surface area contributed by atoms with Gasteiger partial charge in [0.15, 0.2) is 9.84 Å². The number of hydrogen-bond acceptors (Lipinski definition) is 5. The van der Waals surface area contributed by atoms with Gasteiger partial charge >= 0.3 is 6.18 Å². The molecular weight excluding hydrogens is 407 g/mol. The van der Waals surface area contributed by atoms with Gasteiger partial charge in [-0.2, -0.15) is 23.0 Å². The number of sulfone groups is 1. The van der Waals surface area contributed by atoms with Gasteiger partial charge in [-0.25, -0.2) is 8.42 Å². The van der Waals surface area contributed by atoms with Crippen LogP contribution in [0, 0.1) is 0 Å². The van der Waals surface area contributed by atoms with E-state index in [-0.39, 0.29) is 35.2 Å². The second-order valence-corrected chi connectivity index (χ2v) is 9.15. The molecule has 0 aliphatic carbocycles. The van der Waals surface area contributed by atoms with Crippen molar-refractivity contribution >= 4 is 27.1 Å². The zero-order chi connectivity index (χ0) is 20.0. The van der Waals surface area contributed by atoms with E-state index in [2.05, 4.69) is 5.10 Å². The fraction of sp³-hybridized carbons (Fsp3) is 0.375. The van der Waals surface area contributed by atoms with Crippen LogP contribution in [0.15, 0.2) is 35.3 Å². The molecule has 1 unspecified atom stereocenters. The van der Waals surface area contributed by atoms with Crippen LogP contribution in [0.2, 0.25) is 5.02 Å². The molecule has 1 saturated heterocycles. The third kappa shape index (κ3) is 3.81. The fourth-order valence-electron chi connectivity index (χ4n) is 2.82. The van der Waals surface area contributed by atoms with E-state index in [0.29, 0.717) is 0 Å². The summed E-state index contributed by atoms with van der Waals surface area (Å²) in [5, 5.41) is 3.07. The van der Waals surface area contributed by atoms with Crippen LogP contribution in [-0.2, 0) is 16.0 Å². The summed E-state index contributed by atoms with van der Waals surface area (Å²) in [6.45, 7) is 1.87. The van der Waals surface area contributed by atoms with Crippen molar-refractivity contribution in [1.29, 1.82) is 0 Å². The predicted molar refractivity (Wildman–Crippen MR) is 95.3 cm³/mol. The Hall–Kier alpha value is -2.07. The lowest BCUT2D eigenvalue weighted by Gasteiger charge is -2.32. The number of alkyl halides is 3. The maximum atomic E-state index is 12.9. The third-order valence-electron chi connectivity index (χ3n) is 4.40. The van der Waals surface area contributed by atoms with Crippen LogP contribution in [0.5, 0.6) is 0 Å². The van der Waals surface area contributed by atoms with Gasteiger partial charge in [-0.3, -0.25) is 4.79 Å². The molecule has 0 amide bonds. The first-order valence-electron chi connectivity index (χ1n) is 7.92. The highest BCUT2D eigenvalue weighted by atomic mass is 35.5. The topological polar surface area (TPSA) is 72.3 Å². The average molecular weight is 422 g/mol. The van der Waals surface area contributed by atoms with Crippen LogP contribution in [0.3, 0.4) is 0 Å². The summed E-state index contributed by atoms with van der Waals surface area (Å²) in [5.41, 5.74) is -1.51. The maximum Gasteiger partial charge on any atom is 0.416 e. The largest absolute Gasteiger partial charge is 0.416 e. The van der Waals surface area contributed by atoms with Crippen LogP contribution in [-0.4, -0.2) is 42.3 Å². The van der Waals surface area contributed by atoms with Crippen LogP contribution >= 0.6 is 11.6 Å². The molecule has 0 N–H and O–H groups in total. The second-order valence-electron chi connectivity index (χ2n) is 6.23. The van der Waals surface area contributed by atoms with Gasteiger partial charge in [0.25, 0.3) is 5.56 Å². The van der Waals surface area contributed by atoms with Crippen molar-refractivity contribution in [2.45, 2.75) is 18.3 Å². The lowest BCUT2D eigenvalue weighted by atomic mass is 10.2. The van der Waals surface area contributed by atoms with Crippen LogP contribution in [0.25, 0.3) is 5.69 Å². The van der Waals surface area contributed by atoms with E-state index >= 15 is 0 Å². The van der Waals surface area contributed by atoms with Crippen LogP contribution in [0.4, 0.5) is 18.9 Å². The summed E-state index contributed by atoms with van der Waals surface area (Å²) in [5.74, 6) is -0.0821. The van der Waals surface area contributed by atoms with Crippen molar-refractivity contribution in [3.8, 4) is 5.69 Å². The summed E-state index contributed by atoms with van der Waals surface area (Å²) in [7, 11) is -3.19. The van der Waals surface area contributed by atoms with E-state index in [1.807, 2.05) is 0 Å². The molecule has 1 aromatic carbocycles. The van der Waals surface area contributed by atoms with Crippen molar-refractivity contribution < 1.29 is 21.6 Å². The normalized spacial score (nSPS) is 19.9. The number of rotatable bonds is 2. The SMILES string of the molecule is CC1CN(c2cnn(-c3cccc(C(F)(F)F)c3)c(=O)c2Cl)CCS1(=O)=O. The summed E-state index contributed by atoms with van der Waals surface area (Å²) in [4.78, 5) is 14.2. The Morgan fingerprint density at radius 3 is 2.63 bits per heavy atom. The molecule has 0 radical (unpaired) electrons. The van der Waals surface area contributed by atoms with Gasteiger partial charge in [0.2, 0.25) is 0 Å². The molecule has 0 bridgehead atoms. The highest BCUT2D eigenvalue weighted by molar-refractivity contribution is 7.92. The van der Waals surface area contributed by atoms with Crippen molar-refractivity contribution in [1.82, 2.24) is 9.78 Å². The van der Waals surface area contributed by atoms with E-state index < -0.39 is 32.4 Å². The highest BCUT2D eigenvalue weighted by Crippen LogP contribution is 2.30. The standard InChI is InChI=1S/C16H15ClF3N3O3S/c1-10-9-22(5-6-27(10,25)26)13-8-21-23(15(24)14(13)17)12-4-2-3-11(7-12)16(18,19)20/h2-4,7-8,10H,5-6,9H2,1H3. The molecule has 1 aromatic heterocycles. The summed E-state index contributed by atoms with van der Waals surface area (Å²) < 4.78 is 63.1. The molecule has 146 valence electrons. The first-order valence-corrected chi connectivity index (χ1v) is 10.0. The summed E-state index contributed by atoms with van der Waals surface area (Å²) >= 11 is 6.14. The van der Waals surface area contributed by atoms with E-state index in [9.17, 15) is 26.4 Å². The smallest absolute Gasteiger partial charge is 0.367 e. The number of halogens is 4. The Morgan fingerprint density at radius 1 is 1.30 bits per heavy atom. The van der Waals surface area contributed by atoms with E-state index in [0.717, 1.165) is 16.8 Å². The number of benzene rings is 1. The van der Waals surface area contributed by atoms with Gasteiger partial charge in [-0.05, 0) is 25.1 Å². The van der Waals surface area contributed by atoms with Crippen LogP contribution in [0.1, 0.15) is 12.5 Å². The molecule has 6 nitrogen and oxygen atoms in total. The van der Waals surface area contributed by atoms with Crippen LogP contribution < -0.4 is 10.5 Å². The molecule has 27 heavy (non-hydrogen) atoms. The van der Waals surface area contributed by atoms with Crippen molar-refractivity contribution in [2.75, 3.05) is 23.7 Å². The van der Waals surface area contributed by atoms with E-state index in [1.54, 1.807) is 11.8 Å². The lowest BCUT2D eigenvalue weighted by molar-refractivity contribution is -0.137.